The van der Waals surface area contributed by atoms with E-state index in [1.54, 1.807) is 0 Å². The molecule has 2 atom stereocenters. The average Bonchev–Trinajstić information content (AvgIpc) is 2.83. The second kappa shape index (κ2) is 11.7. The molecule has 0 spiro atoms. The maximum absolute atomic E-state index is 14.0. The molecular formula is C24H18F10N2O3. The highest BCUT2D eigenvalue weighted by molar-refractivity contribution is 5.41. The third kappa shape index (κ3) is 7.72. The number of aliphatic hydroxyl groups excluding tert-OH is 1. The zero-order valence-electron chi connectivity index (χ0n) is 19.3. The standard InChI is InChI=1S/C24H18F10N2O3/c25-21(26)39-19-11-17(7-8-35-19)38-16-6-2-4-14(10-16)20(36-12-18(37)23(29,30)31)13-3-1-5-15(9-13)22(27,28)24(32,33)34/h1-11,18,20-21,36-37H,12H2/t18-,20?/m1/s1. The van der Waals surface area contributed by atoms with Gasteiger partial charge in [0.2, 0.25) is 5.88 Å². The van der Waals surface area contributed by atoms with Gasteiger partial charge in [-0.25, -0.2) is 4.98 Å². The fourth-order valence-corrected chi connectivity index (χ4v) is 3.35. The van der Waals surface area contributed by atoms with Crippen LogP contribution in [0.4, 0.5) is 43.9 Å². The van der Waals surface area contributed by atoms with E-state index in [1.807, 2.05) is 0 Å². The van der Waals surface area contributed by atoms with E-state index in [1.165, 1.54) is 30.3 Å². The van der Waals surface area contributed by atoms with Gasteiger partial charge in [-0.3, -0.25) is 0 Å². The lowest BCUT2D eigenvalue weighted by molar-refractivity contribution is -0.289. The fourth-order valence-electron chi connectivity index (χ4n) is 3.35. The molecule has 15 heteroatoms. The van der Waals surface area contributed by atoms with Crippen LogP contribution in [-0.4, -0.2) is 41.7 Å². The van der Waals surface area contributed by atoms with Gasteiger partial charge in [-0.2, -0.15) is 43.9 Å². The molecule has 3 aromatic rings. The van der Waals surface area contributed by atoms with Crippen LogP contribution >= 0.6 is 0 Å². The Bertz CT molecular complexity index is 1250. The number of benzene rings is 2. The molecule has 2 aromatic carbocycles. The number of ether oxygens (including phenoxy) is 2. The van der Waals surface area contributed by atoms with Crippen LogP contribution in [-0.2, 0) is 5.92 Å². The van der Waals surface area contributed by atoms with Crippen molar-refractivity contribution in [2.75, 3.05) is 6.54 Å². The highest BCUT2D eigenvalue weighted by Crippen LogP contribution is 2.44. The Balaban J connectivity index is 1.98. The van der Waals surface area contributed by atoms with Gasteiger partial charge in [-0.05, 0) is 35.4 Å². The quantitative estimate of drug-likeness (QED) is 0.264. The Morgan fingerprint density at radius 2 is 1.44 bits per heavy atom. The molecule has 1 heterocycles. The summed E-state index contributed by atoms with van der Waals surface area (Å²) in [4.78, 5) is 3.56. The normalized spacial score (nSPS) is 14.3. The van der Waals surface area contributed by atoms with Crippen LogP contribution in [0.25, 0.3) is 0 Å². The van der Waals surface area contributed by atoms with Crippen LogP contribution in [0.15, 0.2) is 66.9 Å². The third-order valence-corrected chi connectivity index (χ3v) is 5.17. The number of hydrogen-bond acceptors (Lipinski definition) is 5. The van der Waals surface area contributed by atoms with Crippen molar-refractivity contribution < 1.29 is 58.5 Å². The first-order valence-electron chi connectivity index (χ1n) is 10.8. The van der Waals surface area contributed by atoms with Crippen LogP contribution in [0.2, 0.25) is 0 Å². The first-order valence-corrected chi connectivity index (χ1v) is 10.8. The Labute approximate surface area is 214 Å². The number of aromatic nitrogens is 1. The van der Waals surface area contributed by atoms with Crippen molar-refractivity contribution in [2.45, 2.75) is 37.0 Å². The van der Waals surface area contributed by atoms with Crippen LogP contribution in [0.5, 0.6) is 17.4 Å². The SMILES string of the molecule is O[C@H](CNC(c1cccc(Oc2ccnc(OC(F)F)c2)c1)c1cccc(C(F)(F)C(F)(F)F)c1)C(F)(F)F. The van der Waals surface area contributed by atoms with Crippen LogP contribution in [0, 0.1) is 0 Å². The van der Waals surface area contributed by atoms with Crippen molar-refractivity contribution in [2.24, 2.45) is 0 Å². The lowest BCUT2D eigenvalue weighted by atomic mass is 9.95. The predicted molar refractivity (Wildman–Crippen MR) is 116 cm³/mol. The van der Waals surface area contributed by atoms with E-state index >= 15 is 0 Å². The molecule has 0 saturated carbocycles. The minimum absolute atomic E-state index is 0.0124. The molecule has 0 radical (unpaired) electrons. The topological polar surface area (TPSA) is 63.6 Å². The van der Waals surface area contributed by atoms with Gasteiger partial charge >= 0.3 is 24.9 Å². The Hall–Kier alpha value is -3.59. The van der Waals surface area contributed by atoms with Crippen LogP contribution < -0.4 is 14.8 Å². The van der Waals surface area contributed by atoms with E-state index in [0.717, 1.165) is 24.4 Å². The predicted octanol–water partition coefficient (Wildman–Crippen LogP) is 6.73. The van der Waals surface area contributed by atoms with Gasteiger partial charge in [0.15, 0.2) is 6.10 Å². The summed E-state index contributed by atoms with van der Waals surface area (Å²) in [6.45, 7) is -4.31. The number of alkyl halides is 10. The Morgan fingerprint density at radius 3 is 2.05 bits per heavy atom. The van der Waals surface area contributed by atoms with Crippen molar-refractivity contribution in [1.29, 1.82) is 0 Å². The third-order valence-electron chi connectivity index (χ3n) is 5.17. The highest BCUT2D eigenvalue weighted by Gasteiger charge is 2.58. The summed E-state index contributed by atoms with van der Waals surface area (Å²) in [5.74, 6) is -5.80. The summed E-state index contributed by atoms with van der Waals surface area (Å²) in [6.07, 6.45) is -12.8. The molecular weight excluding hydrogens is 554 g/mol. The van der Waals surface area contributed by atoms with E-state index in [0.29, 0.717) is 12.1 Å². The van der Waals surface area contributed by atoms with E-state index in [9.17, 15) is 49.0 Å². The van der Waals surface area contributed by atoms with Gasteiger partial charge in [0.25, 0.3) is 0 Å². The molecule has 0 fully saturated rings. The number of nitrogens with one attached hydrogen (secondary N) is 1. The molecule has 0 aliphatic carbocycles. The van der Waals surface area contributed by atoms with Crippen LogP contribution in [0.3, 0.4) is 0 Å². The molecule has 0 saturated heterocycles. The largest absolute Gasteiger partial charge is 0.458 e. The van der Waals surface area contributed by atoms with Crippen molar-refractivity contribution in [3.63, 3.8) is 0 Å². The maximum atomic E-state index is 14.0. The smallest absolute Gasteiger partial charge is 0.457 e. The first-order chi connectivity index (χ1) is 18.1. The minimum atomic E-state index is -5.94. The monoisotopic (exact) mass is 572 g/mol. The average molecular weight is 572 g/mol. The number of rotatable bonds is 10. The summed E-state index contributed by atoms with van der Waals surface area (Å²) < 4.78 is 140. The number of halogens is 10. The van der Waals surface area contributed by atoms with Gasteiger partial charge in [0.05, 0.1) is 6.04 Å². The summed E-state index contributed by atoms with van der Waals surface area (Å²) in [6, 6.07) is 9.07. The van der Waals surface area contributed by atoms with Crippen molar-refractivity contribution in [3.8, 4) is 17.4 Å². The van der Waals surface area contributed by atoms with E-state index in [4.69, 9.17) is 4.74 Å². The van der Waals surface area contributed by atoms with Gasteiger partial charge in [0.1, 0.15) is 11.5 Å². The van der Waals surface area contributed by atoms with E-state index < -0.39 is 55.0 Å². The summed E-state index contributed by atoms with van der Waals surface area (Å²) in [5.41, 5.74) is -1.68. The Kier molecular flexibility index (Phi) is 8.95. The molecule has 212 valence electrons. The summed E-state index contributed by atoms with van der Waals surface area (Å²) in [5, 5.41) is 11.7. The molecule has 0 bridgehead atoms. The number of pyridine rings is 1. The molecule has 2 N–H and O–H groups in total. The summed E-state index contributed by atoms with van der Waals surface area (Å²) >= 11 is 0. The van der Waals surface area contributed by atoms with E-state index in [2.05, 4.69) is 15.0 Å². The van der Waals surface area contributed by atoms with E-state index in [-0.39, 0.29) is 22.6 Å². The van der Waals surface area contributed by atoms with Gasteiger partial charge in [-0.1, -0.05) is 30.3 Å². The number of aliphatic hydroxyl groups is 1. The second-order valence-electron chi connectivity index (χ2n) is 7.98. The molecule has 5 nitrogen and oxygen atoms in total. The van der Waals surface area contributed by atoms with Crippen molar-refractivity contribution >= 4 is 0 Å². The zero-order chi connectivity index (χ0) is 29.0. The van der Waals surface area contributed by atoms with Crippen molar-refractivity contribution in [3.05, 3.63) is 83.6 Å². The number of nitrogens with zero attached hydrogens (tertiary/aromatic N) is 1. The van der Waals surface area contributed by atoms with Crippen LogP contribution in [0.1, 0.15) is 22.7 Å². The summed E-state index contributed by atoms with van der Waals surface area (Å²) in [7, 11) is 0. The highest BCUT2D eigenvalue weighted by atomic mass is 19.4. The minimum Gasteiger partial charge on any atom is -0.457 e. The molecule has 39 heavy (non-hydrogen) atoms. The lowest BCUT2D eigenvalue weighted by Crippen LogP contribution is -2.40. The van der Waals surface area contributed by atoms with Gasteiger partial charge < -0.3 is 19.9 Å². The first kappa shape index (κ1) is 30.0. The molecule has 1 unspecified atom stereocenters. The van der Waals surface area contributed by atoms with Crippen molar-refractivity contribution in [1.82, 2.24) is 10.3 Å². The zero-order valence-corrected chi connectivity index (χ0v) is 19.3. The lowest BCUT2D eigenvalue weighted by Gasteiger charge is -2.25. The molecule has 3 rings (SSSR count). The van der Waals surface area contributed by atoms with Gasteiger partial charge in [-0.15, -0.1) is 0 Å². The van der Waals surface area contributed by atoms with Gasteiger partial charge in [0, 0.05) is 24.4 Å². The molecule has 0 amide bonds. The number of hydrogen-bond donors (Lipinski definition) is 2. The Morgan fingerprint density at radius 1 is 0.821 bits per heavy atom. The molecule has 1 aromatic heterocycles. The maximum Gasteiger partial charge on any atom is 0.458 e. The molecule has 0 aliphatic heterocycles. The molecule has 0 aliphatic rings. The second-order valence-corrected chi connectivity index (χ2v) is 7.98. The fraction of sp³-hybridized carbons (Fsp3) is 0.292.